The summed E-state index contributed by atoms with van der Waals surface area (Å²) in [4.78, 5) is 14.9. The highest BCUT2D eigenvalue weighted by Gasteiger charge is 2.30. The van der Waals surface area contributed by atoms with Crippen molar-refractivity contribution in [3.63, 3.8) is 0 Å². The zero-order valence-electron chi connectivity index (χ0n) is 15.8. The minimum absolute atomic E-state index is 0.103. The zero-order valence-corrected chi connectivity index (χ0v) is 18.2. The van der Waals surface area contributed by atoms with Crippen LogP contribution in [0.3, 0.4) is 0 Å². The third-order valence-corrected chi connectivity index (χ3v) is 5.42. The van der Waals surface area contributed by atoms with Gasteiger partial charge in [-0.2, -0.15) is 13.2 Å². The van der Waals surface area contributed by atoms with E-state index in [0.717, 1.165) is 34.2 Å². The molecule has 1 N–H and O–H groups in total. The van der Waals surface area contributed by atoms with Gasteiger partial charge >= 0.3 is 6.18 Å². The lowest BCUT2D eigenvalue weighted by molar-refractivity contribution is -0.137. The van der Waals surface area contributed by atoms with Crippen LogP contribution in [0.5, 0.6) is 0 Å². The van der Waals surface area contributed by atoms with Crippen molar-refractivity contribution in [1.29, 1.82) is 0 Å². The van der Waals surface area contributed by atoms with Crippen LogP contribution < -0.4 is 5.32 Å². The number of alkyl halides is 3. The number of carbonyl (C=O) groups is 1. The Labute approximate surface area is 183 Å². The van der Waals surface area contributed by atoms with Crippen LogP contribution in [0.4, 0.5) is 13.2 Å². The molecule has 6 nitrogen and oxygen atoms in total. The molecular formula is C19H17BrF3N5OS. The molecule has 1 amide bonds. The second kappa shape index (κ2) is 9.61. The van der Waals surface area contributed by atoms with Crippen molar-refractivity contribution < 1.29 is 18.0 Å². The third-order valence-electron chi connectivity index (χ3n) is 4.00. The molecule has 1 aromatic carbocycles. The Balaban J connectivity index is 1.86. The van der Waals surface area contributed by atoms with Crippen molar-refractivity contribution in [2.75, 3.05) is 6.54 Å². The molecule has 0 atom stereocenters. The summed E-state index contributed by atoms with van der Waals surface area (Å²) in [6, 6.07) is 9.82. The Bertz CT molecular complexity index is 1010. The lowest BCUT2D eigenvalue weighted by atomic mass is 10.2. The van der Waals surface area contributed by atoms with Crippen LogP contribution in [0.1, 0.15) is 24.7 Å². The number of carbonyl (C=O) groups excluding carboxylic acids is 1. The smallest absolute Gasteiger partial charge is 0.356 e. The Kier molecular flexibility index (Phi) is 7.14. The molecule has 0 radical (unpaired) electrons. The molecule has 0 unspecified atom stereocenters. The highest BCUT2D eigenvalue weighted by atomic mass is 79.9. The van der Waals surface area contributed by atoms with Crippen molar-refractivity contribution in [3.05, 3.63) is 58.5 Å². The molecule has 0 aliphatic rings. The van der Waals surface area contributed by atoms with Crippen molar-refractivity contribution in [2.24, 2.45) is 0 Å². The summed E-state index contributed by atoms with van der Waals surface area (Å²) >= 11 is 4.53. The van der Waals surface area contributed by atoms with E-state index in [2.05, 4.69) is 36.4 Å². The average molecular weight is 500 g/mol. The molecule has 0 bridgehead atoms. The molecule has 2 heterocycles. The van der Waals surface area contributed by atoms with E-state index in [4.69, 9.17) is 0 Å². The van der Waals surface area contributed by atoms with Crippen molar-refractivity contribution in [3.8, 4) is 5.69 Å². The lowest BCUT2D eigenvalue weighted by Gasteiger charge is -2.11. The van der Waals surface area contributed by atoms with E-state index in [1.165, 1.54) is 13.0 Å². The fourth-order valence-corrected chi connectivity index (χ4v) is 3.67. The number of hydrogen-bond donors (Lipinski definition) is 1. The van der Waals surface area contributed by atoms with Crippen LogP contribution in [-0.2, 0) is 17.4 Å². The topological polar surface area (TPSA) is 72.7 Å². The summed E-state index contributed by atoms with van der Waals surface area (Å²) in [5.41, 5.74) is 0.00651. The highest BCUT2D eigenvalue weighted by Crippen LogP contribution is 2.32. The van der Waals surface area contributed by atoms with Crippen LogP contribution in [-0.4, -0.2) is 32.2 Å². The molecular weight excluding hydrogens is 483 g/mol. The molecule has 3 aromatic rings. The number of pyridine rings is 1. The number of nitrogens with zero attached hydrogens (tertiary/aromatic N) is 4. The second-order valence-electron chi connectivity index (χ2n) is 6.28. The Morgan fingerprint density at radius 2 is 1.90 bits per heavy atom. The molecule has 0 aliphatic carbocycles. The first-order chi connectivity index (χ1) is 14.2. The Hall–Kier alpha value is -2.40. The van der Waals surface area contributed by atoms with Gasteiger partial charge in [-0.05, 0) is 54.6 Å². The van der Waals surface area contributed by atoms with Gasteiger partial charge in [0.1, 0.15) is 10.9 Å². The summed E-state index contributed by atoms with van der Waals surface area (Å²) in [6.45, 7) is 1.96. The van der Waals surface area contributed by atoms with Gasteiger partial charge in [-0.15, -0.1) is 10.2 Å². The van der Waals surface area contributed by atoms with E-state index in [9.17, 15) is 18.0 Å². The van der Waals surface area contributed by atoms with Gasteiger partial charge in [0.25, 0.3) is 0 Å². The van der Waals surface area contributed by atoms with Gasteiger partial charge in [-0.25, -0.2) is 4.98 Å². The molecule has 0 spiro atoms. The van der Waals surface area contributed by atoms with Crippen molar-refractivity contribution >= 4 is 33.6 Å². The number of aryl methyl sites for hydroxylation is 1. The van der Waals surface area contributed by atoms with E-state index in [-0.39, 0.29) is 5.91 Å². The molecule has 3 rings (SSSR count). The summed E-state index contributed by atoms with van der Waals surface area (Å²) in [7, 11) is 0. The predicted molar refractivity (Wildman–Crippen MR) is 109 cm³/mol. The van der Waals surface area contributed by atoms with E-state index in [1.54, 1.807) is 0 Å². The Morgan fingerprint density at radius 3 is 2.50 bits per heavy atom. The van der Waals surface area contributed by atoms with Crippen LogP contribution in [0.25, 0.3) is 5.69 Å². The number of amides is 1. The minimum atomic E-state index is -4.44. The largest absolute Gasteiger partial charge is 0.417 e. The summed E-state index contributed by atoms with van der Waals surface area (Å²) in [5, 5.41) is 12.1. The standard InChI is InChI=1S/C19H17BrF3N5OS/c1-12(29)24-10-2-3-16-26-27-18(28(16)15-7-5-14(20)6-8-15)30-17-9-4-13(11-25-17)19(21,22)23/h4-9,11H,2-3,10H2,1H3,(H,24,29). The summed E-state index contributed by atoms with van der Waals surface area (Å²) in [5.74, 6) is 0.575. The summed E-state index contributed by atoms with van der Waals surface area (Å²) < 4.78 is 41.0. The van der Waals surface area contributed by atoms with Gasteiger partial charge < -0.3 is 5.32 Å². The van der Waals surface area contributed by atoms with Crippen molar-refractivity contribution in [2.45, 2.75) is 36.1 Å². The first-order valence-electron chi connectivity index (χ1n) is 8.90. The first-order valence-corrected chi connectivity index (χ1v) is 10.5. The highest BCUT2D eigenvalue weighted by molar-refractivity contribution is 9.10. The van der Waals surface area contributed by atoms with Crippen molar-refractivity contribution in [1.82, 2.24) is 25.1 Å². The lowest BCUT2D eigenvalue weighted by Crippen LogP contribution is -2.21. The maximum Gasteiger partial charge on any atom is 0.417 e. The first kappa shape index (κ1) is 22.3. The SMILES string of the molecule is CC(=O)NCCCc1nnc(Sc2ccc(C(F)(F)F)cn2)n1-c1ccc(Br)cc1. The molecule has 11 heteroatoms. The molecule has 0 saturated heterocycles. The molecule has 0 fully saturated rings. The maximum absolute atomic E-state index is 12.8. The fourth-order valence-electron chi connectivity index (χ4n) is 2.59. The van der Waals surface area contributed by atoms with Crippen LogP contribution in [0, 0.1) is 0 Å². The molecule has 158 valence electrons. The minimum Gasteiger partial charge on any atom is -0.356 e. The number of hydrogen-bond acceptors (Lipinski definition) is 5. The van der Waals surface area contributed by atoms with Gasteiger partial charge in [0.2, 0.25) is 11.1 Å². The average Bonchev–Trinajstić information content (AvgIpc) is 3.08. The van der Waals surface area contributed by atoms with Gasteiger partial charge in [-0.1, -0.05) is 15.9 Å². The maximum atomic E-state index is 12.8. The number of rotatable bonds is 7. The normalized spacial score (nSPS) is 11.5. The summed E-state index contributed by atoms with van der Waals surface area (Å²) in [6.07, 6.45) is -2.41. The van der Waals surface area contributed by atoms with E-state index in [1.807, 2.05) is 28.8 Å². The van der Waals surface area contributed by atoms with Crippen LogP contribution in [0.2, 0.25) is 0 Å². The van der Waals surface area contributed by atoms with Gasteiger partial charge in [0, 0.05) is 36.2 Å². The number of nitrogens with one attached hydrogen (secondary N) is 1. The predicted octanol–water partition coefficient (Wildman–Crippen LogP) is 4.66. The number of benzene rings is 1. The number of aromatic nitrogens is 4. The molecule has 2 aromatic heterocycles. The monoisotopic (exact) mass is 499 g/mol. The van der Waals surface area contributed by atoms with Gasteiger partial charge in [0.05, 0.1) is 5.56 Å². The molecule has 30 heavy (non-hydrogen) atoms. The van der Waals surface area contributed by atoms with Crippen LogP contribution >= 0.6 is 27.7 Å². The number of halogens is 4. The Morgan fingerprint density at radius 1 is 1.17 bits per heavy atom. The van der Waals surface area contributed by atoms with E-state index >= 15 is 0 Å². The van der Waals surface area contributed by atoms with Gasteiger partial charge in [-0.3, -0.25) is 9.36 Å². The van der Waals surface area contributed by atoms with Gasteiger partial charge in [0.15, 0.2) is 0 Å². The zero-order chi connectivity index (χ0) is 21.7. The second-order valence-corrected chi connectivity index (χ2v) is 8.19. The third kappa shape index (κ3) is 5.82. The molecule has 0 saturated carbocycles. The quantitative estimate of drug-likeness (QED) is 0.478. The van der Waals surface area contributed by atoms with E-state index in [0.29, 0.717) is 35.4 Å². The van der Waals surface area contributed by atoms with E-state index < -0.39 is 11.7 Å². The molecule has 0 aliphatic heterocycles. The van der Waals surface area contributed by atoms with Crippen LogP contribution in [0.15, 0.2) is 57.3 Å². The fraction of sp³-hybridized carbons (Fsp3) is 0.263.